The number of anilines is 2. The Morgan fingerprint density at radius 3 is 2.43 bits per heavy atom. The van der Waals surface area contributed by atoms with Gasteiger partial charge in [-0.05, 0) is 65.4 Å². The van der Waals surface area contributed by atoms with Gasteiger partial charge in [-0.1, -0.05) is 12.1 Å². The molecule has 11 heteroatoms. The summed E-state index contributed by atoms with van der Waals surface area (Å²) in [5.74, 6) is -1.07. The Hall–Kier alpha value is -3.74. The van der Waals surface area contributed by atoms with Crippen molar-refractivity contribution < 1.29 is 9.18 Å². The van der Waals surface area contributed by atoms with Crippen molar-refractivity contribution in [3.8, 4) is 5.69 Å². The highest BCUT2D eigenvalue weighted by Crippen LogP contribution is 2.27. The quantitative estimate of drug-likeness (QED) is 0.346. The molecule has 35 heavy (non-hydrogen) atoms. The molecular formula is C24H21FIN5O4. The van der Waals surface area contributed by atoms with Gasteiger partial charge in [0, 0.05) is 23.2 Å². The Bertz CT molecular complexity index is 1700. The molecule has 9 nitrogen and oxygen atoms in total. The Morgan fingerprint density at radius 2 is 1.77 bits per heavy atom. The lowest BCUT2D eigenvalue weighted by atomic mass is 10.1. The van der Waals surface area contributed by atoms with Crippen molar-refractivity contribution in [1.29, 1.82) is 0 Å². The van der Waals surface area contributed by atoms with Crippen molar-refractivity contribution >= 4 is 50.9 Å². The van der Waals surface area contributed by atoms with E-state index >= 15 is 0 Å². The van der Waals surface area contributed by atoms with Crippen LogP contribution in [-0.2, 0) is 25.3 Å². The van der Waals surface area contributed by atoms with Crippen molar-refractivity contribution in [2.75, 3.05) is 5.32 Å². The van der Waals surface area contributed by atoms with E-state index in [0.29, 0.717) is 14.8 Å². The highest BCUT2D eigenvalue weighted by atomic mass is 127. The molecule has 2 aromatic carbocycles. The molecule has 0 bridgehead atoms. The van der Waals surface area contributed by atoms with E-state index in [1.807, 2.05) is 22.6 Å². The van der Waals surface area contributed by atoms with E-state index < -0.39 is 28.5 Å². The molecule has 0 radical (unpaired) electrons. The standard InChI is InChI=1S/C24H21FIN5O4/c1-12-20-19(21(29(2)22(12)33)28-17-8-7-14(26)11-16(17)25)23(34)30(3)24(35)31(20)15-6-4-5-13(9-15)10-18(27)32/h4-9,11,28H,10H2,1-3H3,(H2,27,32). The average Bonchev–Trinajstić information content (AvgIpc) is 2.80. The lowest BCUT2D eigenvalue weighted by Gasteiger charge is -2.20. The molecule has 4 aromatic rings. The molecule has 4 rings (SSSR count). The SMILES string of the molecule is Cc1c(=O)n(C)c(Nc2ccc(I)cc2F)c2c(=O)n(C)c(=O)n(-c3cccc(CC(N)=O)c3)c12. The number of benzene rings is 2. The van der Waals surface area contributed by atoms with Crippen LogP contribution < -0.4 is 27.9 Å². The van der Waals surface area contributed by atoms with Crippen molar-refractivity contribution in [2.45, 2.75) is 13.3 Å². The Morgan fingerprint density at radius 1 is 1.06 bits per heavy atom. The van der Waals surface area contributed by atoms with E-state index in [1.165, 1.54) is 42.3 Å². The second kappa shape index (κ2) is 9.13. The van der Waals surface area contributed by atoms with Crippen LogP contribution in [0.4, 0.5) is 15.9 Å². The predicted octanol–water partition coefficient (Wildman–Crippen LogP) is 2.21. The van der Waals surface area contributed by atoms with Gasteiger partial charge in [0.25, 0.3) is 11.1 Å². The van der Waals surface area contributed by atoms with Crippen LogP contribution in [0.15, 0.2) is 56.8 Å². The smallest absolute Gasteiger partial charge is 0.335 e. The predicted molar refractivity (Wildman–Crippen MR) is 140 cm³/mol. The second-order valence-electron chi connectivity index (χ2n) is 8.11. The second-order valence-corrected chi connectivity index (χ2v) is 9.35. The zero-order valence-electron chi connectivity index (χ0n) is 19.1. The third-order valence-electron chi connectivity index (χ3n) is 5.74. The summed E-state index contributed by atoms with van der Waals surface area (Å²) in [5, 5.41) is 2.91. The van der Waals surface area contributed by atoms with Gasteiger partial charge in [-0.2, -0.15) is 0 Å². The first-order valence-electron chi connectivity index (χ1n) is 10.5. The number of hydrogen-bond acceptors (Lipinski definition) is 5. The normalized spacial score (nSPS) is 11.1. The molecule has 0 aliphatic carbocycles. The summed E-state index contributed by atoms with van der Waals surface area (Å²) in [7, 11) is 2.79. The molecule has 1 amide bonds. The summed E-state index contributed by atoms with van der Waals surface area (Å²) in [5.41, 5.74) is 4.73. The maximum atomic E-state index is 14.7. The van der Waals surface area contributed by atoms with Gasteiger partial charge in [0.2, 0.25) is 5.91 Å². The van der Waals surface area contributed by atoms with E-state index in [9.17, 15) is 23.6 Å². The summed E-state index contributed by atoms with van der Waals surface area (Å²) in [4.78, 5) is 51.2. The number of carbonyl (C=O) groups excluding carboxylic acids is 1. The van der Waals surface area contributed by atoms with Gasteiger partial charge in [-0.3, -0.25) is 28.1 Å². The number of pyridine rings is 1. The molecule has 0 saturated carbocycles. The number of nitrogens with zero attached hydrogens (tertiary/aromatic N) is 3. The first-order chi connectivity index (χ1) is 16.5. The maximum Gasteiger partial charge on any atom is 0.335 e. The third-order valence-corrected chi connectivity index (χ3v) is 6.41. The average molecular weight is 589 g/mol. The molecule has 0 aliphatic rings. The Balaban J connectivity index is 2.13. The minimum atomic E-state index is -0.679. The van der Waals surface area contributed by atoms with Crippen molar-refractivity contribution in [3.05, 3.63) is 94.2 Å². The summed E-state index contributed by atoms with van der Waals surface area (Å²) in [6.07, 6.45) is -0.0497. The summed E-state index contributed by atoms with van der Waals surface area (Å²) < 4.78 is 18.7. The van der Waals surface area contributed by atoms with Crippen LogP contribution in [-0.4, -0.2) is 19.6 Å². The summed E-state index contributed by atoms with van der Waals surface area (Å²) in [6.45, 7) is 1.52. The minimum Gasteiger partial charge on any atom is -0.369 e. The van der Waals surface area contributed by atoms with Crippen LogP contribution in [0, 0.1) is 16.3 Å². The summed E-state index contributed by atoms with van der Waals surface area (Å²) >= 11 is 1.97. The number of halogens is 2. The van der Waals surface area contributed by atoms with Crippen LogP contribution in [0.1, 0.15) is 11.1 Å². The molecule has 0 aliphatic heterocycles. The number of aryl methyl sites for hydroxylation is 1. The van der Waals surface area contributed by atoms with Crippen molar-refractivity contribution in [2.24, 2.45) is 19.8 Å². The Kier molecular flexibility index (Phi) is 6.36. The summed E-state index contributed by atoms with van der Waals surface area (Å²) in [6, 6.07) is 11.0. The number of nitrogens with two attached hydrogens (primary N) is 1. The Labute approximate surface area is 211 Å². The van der Waals surface area contributed by atoms with Crippen LogP contribution in [0.5, 0.6) is 0 Å². The number of hydrogen-bond donors (Lipinski definition) is 2. The monoisotopic (exact) mass is 589 g/mol. The number of rotatable bonds is 5. The van der Waals surface area contributed by atoms with Gasteiger partial charge < -0.3 is 11.1 Å². The van der Waals surface area contributed by atoms with Gasteiger partial charge >= 0.3 is 5.69 Å². The van der Waals surface area contributed by atoms with Gasteiger partial charge in [0.1, 0.15) is 17.0 Å². The molecule has 2 aromatic heterocycles. The fourth-order valence-corrected chi connectivity index (χ4v) is 4.47. The third kappa shape index (κ3) is 4.27. The maximum absolute atomic E-state index is 14.7. The number of carbonyl (C=O) groups is 1. The highest BCUT2D eigenvalue weighted by molar-refractivity contribution is 14.1. The van der Waals surface area contributed by atoms with Crippen molar-refractivity contribution in [3.63, 3.8) is 0 Å². The first-order valence-corrected chi connectivity index (χ1v) is 11.5. The van der Waals surface area contributed by atoms with Gasteiger partial charge in [-0.25, -0.2) is 9.18 Å². The first kappa shape index (κ1) is 24.4. The highest BCUT2D eigenvalue weighted by Gasteiger charge is 2.23. The largest absolute Gasteiger partial charge is 0.369 e. The molecule has 0 atom stereocenters. The van der Waals surface area contributed by atoms with Crippen molar-refractivity contribution in [1.82, 2.24) is 13.7 Å². The zero-order chi connectivity index (χ0) is 25.6. The number of nitrogens with one attached hydrogen (secondary N) is 1. The van der Waals surface area contributed by atoms with E-state index in [0.717, 1.165) is 4.57 Å². The van der Waals surface area contributed by atoms with Gasteiger partial charge in [0.15, 0.2) is 0 Å². The number of aromatic nitrogens is 3. The fourth-order valence-electron chi connectivity index (χ4n) is 4.02. The molecule has 3 N–H and O–H groups in total. The van der Waals surface area contributed by atoms with Gasteiger partial charge in [0.05, 0.1) is 23.3 Å². The van der Waals surface area contributed by atoms with Gasteiger partial charge in [-0.15, -0.1) is 0 Å². The van der Waals surface area contributed by atoms with Crippen LogP contribution in [0.25, 0.3) is 16.6 Å². The van der Waals surface area contributed by atoms with E-state index in [4.69, 9.17) is 5.73 Å². The number of fused-ring (bicyclic) bond motifs is 1. The fraction of sp³-hybridized carbons (Fsp3) is 0.167. The van der Waals surface area contributed by atoms with E-state index in [2.05, 4.69) is 5.32 Å². The molecular weight excluding hydrogens is 568 g/mol. The van der Waals surface area contributed by atoms with E-state index in [-0.39, 0.29) is 34.4 Å². The topological polar surface area (TPSA) is 121 Å². The lowest BCUT2D eigenvalue weighted by molar-refractivity contribution is -0.117. The molecule has 180 valence electrons. The van der Waals surface area contributed by atoms with E-state index in [1.54, 1.807) is 30.3 Å². The molecule has 2 heterocycles. The minimum absolute atomic E-state index is 0.0324. The zero-order valence-corrected chi connectivity index (χ0v) is 21.2. The lowest BCUT2D eigenvalue weighted by Crippen LogP contribution is -2.40. The number of amides is 1. The van der Waals surface area contributed by atoms with Crippen LogP contribution in [0.2, 0.25) is 0 Å². The molecule has 0 unspecified atom stereocenters. The van der Waals surface area contributed by atoms with Crippen LogP contribution >= 0.6 is 22.6 Å². The number of primary amides is 1. The molecule has 0 fully saturated rings. The van der Waals surface area contributed by atoms with Crippen LogP contribution in [0.3, 0.4) is 0 Å². The molecule has 0 saturated heterocycles. The molecule has 0 spiro atoms.